The lowest BCUT2D eigenvalue weighted by Gasteiger charge is -2.23. The third-order valence-electron chi connectivity index (χ3n) is 7.93. The van der Waals surface area contributed by atoms with Crippen LogP contribution in [0.3, 0.4) is 0 Å². The van der Waals surface area contributed by atoms with E-state index in [9.17, 15) is 9.59 Å². The highest BCUT2D eigenvalue weighted by Gasteiger charge is 2.26. The van der Waals surface area contributed by atoms with Crippen molar-refractivity contribution in [2.75, 3.05) is 19.0 Å². The smallest absolute Gasteiger partial charge is 0.277 e. The Bertz CT molecular complexity index is 2270. The summed E-state index contributed by atoms with van der Waals surface area (Å²) in [5.74, 6) is 0. The molecule has 0 fully saturated rings. The zero-order valence-corrected chi connectivity index (χ0v) is 26.3. The molecular formula is C35H26Cl2N4O2S. The molecule has 0 radical (unpaired) electrons. The van der Waals surface area contributed by atoms with Crippen LogP contribution in [0.15, 0.2) is 82.4 Å². The molecule has 3 aromatic heterocycles. The van der Waals surface area contributed by atoms with Gasteiger partial charge in [0.05, 0.1) is 15.6 Å². The van der Waals surface area contributed by atoms with Gasteiger partial charge in [0.2, 0.25) is 4.96 Å². The number of pyridine rings is 1. The van der Waals surface area contributed by atoms with E-state index >= 15 is 0 Å². The molecule has 0 saturated carbocycles. The topological polar surface area (TPSA) is 67.6 Å². The predicted molar refractivity (Wildman–Crippen MR) is 183 cm³/mol. The fourth-order valence-corrected chi connectivity index (χ4v) is 6.97. The molecule has 6 aromatic rings. The van der Waals surface area contributed by atoms with Crippen molar-refractivity contribution in [2.45, 2.75) is 19.3 Å². The number of hydrogen-bond donors (Lipinski definition) is 0. The van der Waals surface area contributed by atoms with E-state index in [0.717, 1.165) is 64.0 Å². The predicted octanol–water partition coefficient (Wildman–Crippen LogP) is 7.13. The largest absolute Gasteiger partial charge is 0.378 e. The summed E-state index contributed by atoms with van der Waals surface area (Å²) in [5.41, 5.74) is 6.92. The fraction of sp³-hybridized carbons (Fsp3) is 0.143. The minimum Gasteiger partial charge on any atom is -0.378 e. The molecule has 6 nitrogen and oxygen atoms in total. The van der Waals surface area contributed by atoms with Gasteiger partial charge in [-0.2, -0.15) is 4.98 Å². The standard InChI is InChI=1S/C35H26Cl2N4O2S/c1-40(2)26-16-8-21(9-17-26)19-28-33(42)41-34(43)30-29(22-10-14-25(37)15-11-22)27-5-3-4-23(18-20-6-12-24(36)13-7-20)31(27)38-32(30)39-35(41)44-28/h6-19H,3-5H2,1-2H3/b23-18-,28-19-. The first-order chi connectivity index (χ1) is 21.3. The van der Waals surface area contributed by atoms with Gasteiger partial charge in [-0.1, -0.05) is 70.9 Å². The number of fused-ring (bicyclic) bond motifs is 3. The molecule has 0 atom stereocenters. The molecule has 1 aliphatic carbocycles. The zero-order valence-electron chi connectivity index (χ0n) is 24.0. The van der Waals surface area contributed by atoms with Crippen LogP contribution in [0.5, 0.6) is 0 Å². The number of nitrogens with zero attached hydrogens (tertiary/aromatic N) is 4. The second-order valence-electron chi connectivity index (χ2n) is 11.0. The number of allylic oxidation sites excluding steroid dienone is 1. The molecule has 44 heavy (non-hydrogen) atoms. The Kier molecular flexibility index (Phi) is 7.33. The lowest BCUT2D eigenvalue weighted by atomic mass is 9.84. The molecule has 0 bridgehead atoms. The molecule has 0 aliphatic heterocycles. The van der Waals surface area contributed by atoms with E-state index in [1.54, 1.807) is 6.08 Å². The molecule has 9 heteroatoms. The molecule has 0 amide bonds. The number of halogens is 2. The lowest BCUT2D eigenvalue weighted by molar-refractivity contribution is 0.815. The summed E-state index contributed by atoms with van der Waals surface area (Å²) in [4.78, 5) is 40.1. The van der Waals surface area contributed by atoms with Crippen LogP contribution in [0.1, 0.15) is 35.2 Å². The van der Waals surface area contributed by atoms with Crippen molar-refractivity contribution < 1.29 is 0 Å². The highest BCUT2D eigenvalue weighted by atomic mass is 35.5. The number of aromatic nitrogens is 3. The van der Waals surface area contributed by atoms with Gasteiger partial charge in [-0.15, -0.1) is 0 Å². The second-order valence-corrected chi connectivity index (χ2v) is 12.9. The van der Waals surface area contributed by atoms with Crippen molar-refractivity contribution in [1.82, 2.24) is 14.4 Å². The SMILES string of the molecule is CN(C)c1ccc(/C=c2\sc3nc4nc5c(c(-c6ccc(Cl)cc6)c4c(=O)n3c2=O)CCC/C5=C/c2ccc(Cl)cc2)cc1. The molecule has 3 heterocycles. The Balaban J connectivity index is 1.50. The Morgan fingerprint density at radius 1 is 0.795 bits per heavy atom. The average Bonchev–Trinajstić information content (AvgIpc) is 3.32. The van der Waals surface area contributed by atoms with Gasteiger partial charge in [0.25, 0.3) is 11.1 Å². The van der Waals surface area contributed by atoms with Gasteiger partial charge in [0, 0.05) is 35.4 Å². The van der Waals surface area contributed by atoms with Crippen molar-refractivity contribution in [3.63, 3.8) is 0 Å². The van der Waals surface area contributed by atoms with Crippen LogP contribution in [-0.2, 0) is 6.42 Å². The highest BCUT2D eigenvalue weighted by molar-refractivity contribution is 7.15. The van der Waals surface area contributed by atoms with E-state index in [1.165, 1.54) is 15.7 Å². The number of rotatable bonds is 4. The van der Waals surface area contributed by atoms with E-state index < -0.39 is 5.56 Å². The van der Waals surface area contributed by atoms with Gasteiger partial charge in [-0.25, -0.2) is 9.38 Å². The van der Waals surface area contributed by atoms with E-state index in [0.29, 0.717) is 30.6 Å². The van der Waals surface area contributed by atoms with Crippen molar-refractivity contribution in [2.24, 2.45) is 0 Å². The molecule has 0 spiro atoms. The van der Waals surface area contributed by atoms with Crippen LogP contribution in [0.25, 0.3) is 44.8 Å². The summed E-state index contributed by atoms with van der Waals surface area (Å²) >= 11 is 13.6. The zero-order chi connectivity index (χ0) is 30.5. The normalized spacial score (nSPS) is 14.5. The number of anilines is 1. The van der Waals surface area contributed by atoms with Crippen molar-refractivity contribution in [1.29, 1.82) is 0 Å². The molecule has 0 N–H and O–H groups in total. The maximum Gasteiger partial charge on any atom is 0.277 e. The first kappa shape index (κ1) is 28.5. The van der Waals surface area contributed by atoms with Crippen LogP contribution in [0.2, 0.25) is 10.0 Å². The fourth-order valence-electron chi connectivity index (χ4n) is 5.76. The summed E-state index contributed by atoms with van der Waals surface area (Å²) in [6, 6.07) is 23.0. The highest BCUT2D eigenvalue weighted by Crippen LogP contribution is 2.40. The van der Waals surface area contributed by atoms with E-state index in [-0.39, 0.29) is 5.56 Å². The van der Waals surface area contributed by atoms with Crippen LogP contribution in [0, 0.1) is 0 Å². The maximum absolute atomic E-state index is 14.3. The molecule has 7 rings (SSSR count). The van der Waals surface area contributed by atoms with Crippen LogP contribution < -0.4 is 20.6 Å². The van der Waals surface area contributed by atoms with Gasteiger partial charge in [0.1, 0.15) is 0 Å². The van der Waals surface area contributed by atoms with Gasteiger partial charge < -0.3 is 4.90 Å². The minimum absolute atomic E-state index is 0.317. The summed E-state index contributed by atoms with van der Waals surface area (Å²) in [5, 5.41) is 1.61. The van der Waals surface area contributed by atoms with E-state index in [1.807, 2.05) is 91.8 Å². The summed E-state index contributed by atoms with van der Waals surface area (Å²) in [7, 11) is 3.95. The van der Waals surface area contributed by atoms with Crippen LogP contribution in [-0.4, -0.2) is 28.5 Å². The Morgan fingerprint density at radius 2 is 1.43 bits per heavy atom. The van der Waals surface area contributed by atoms with Gasteiger partial charge in [0.15, 0.2) is 5.65 Å². The van der Waals surface area contributed by atoms with Crippen LogP contribution in [0.4, 0.5) is 5.69 Å². The van der Waals surface area contributed by atoms with Crippen LogP contribution >= 0.6 is 34.5 Å². The minimum atomic E-state index is -0.414. The van der Waals surface area contributed by atoms with Gasteiger partial charge in [-0.05, 0) is 95.6 Å². The molecule has 218 valence electrons. The van der Waals surface area contributed by atoms with Gasteiger partial charge in [-0.3, -0.25) is 9.59 Å². The van der Waals surface area contributed by atoms with E-state index in [2.05, 4.69) is 6.08 Å². The number of hydrogen-bond acceptors (Lipinski definition) is 6. The molecular weight excluding hydrogens is 611 g/mol. The lowest BCUT2D eigenvalue weighted by Crippen LogP contribution is -2.31. The molecule has 0 saturated heterocycles. The Hall–Kier alpha value is -4.30. The number of thiazole rings is 1. The monoisotopic (exact) mass is 636 g/mol. The second kappa shape index (κ2) is 11.3. The number of benzene rings is 3. The van der Waals surface area contributed by atoms with Crippen molar-refractivity contribution in [3.8, 4) is 11.1 Å². The third-order valence-corrected chi connectivity index (χ3v) is 9.40. The first-order valence-corrected chi connectivity index (χ1v) is 15.8. The summed E-state index contributed by atoms with van der Waals surface area (Å²) < 4.78 is 1.62. The van der Waals surface area contributed by atoms with E-state index in [4.69, 9.17) is 33.2 Å². The quantitative estimate of drug-likeness (QED) is 0.206. The maximum atomic E-state index is 14.3. The molecule has 0 unspecified atom stereocenters. The first-order valence-electron chi connectivity index (χ1n) is 14.2. The summed E-state index contributed by atoms with van der Waals surface area (Å²) in [6.07, 6.45) is 6.40. The summed E-state index contributed by atoms with van der Waals surface area (Å²) in [6.45, 7) is 0. The third kappa shape index (κ3) is 5.11. The van der Waals surface area contributed by atoms with Crippen molar-refractivity contribution >= 4 is 73.9 Å². The van der Waals surface area contributed by atoms with Crippen molar-refractivity contribution in [3.05, 3.63) is 130 Å². The Morgan fingerprint density at radius 3 is 2.11 bits per heavy atom. The molecule has 3 aromatic carbocycles. The van der Waals surface area contributed by atoms with Gasteiger partial charge >= 0.3 is 0 Å². The molecule has 1 aliphatic rings. The Labute approximate surface area is 267 Å². The average molecular weight is 638 g/mol.